The largest absolute Gasteiger partial charge is 0.454 e. The molecule has 3 heterocycles. The van der Waals surface area contributed by atoms with Gasteiger partial charge in [0.15, 0.2) is 11.5 Å². The highest BCUT2D eigenvalue weighted by atomic mass is 16.7. The topological polar surface area (TPSA) is 76.2 Å². The summed E-state index contributed by atoms with van der Waals surface area (Å²) in [4.78, 5) is 42.2. The van der Waals surface area contributed by atoms with E-state index in [1.807, 2.05) is 47.4 Å². The molecule has 0 spiro atoms. The second kappa shape index (κ2) is 8.58. The fourth-order valence-corrected chi connectivity index (χ4v) is 5.13. The van der Waals surface area contributed by atoms with Gasteiger partial charge in [-0.25, -0.2) is 0 Å². The van der Waals surface area contributed by atoms with Crippen LogP contribution in [0.15, 0.2) is 60.7 Å². The van der Waals surface area contributed by atoms with Crippen LogP contribution in [0, 0.1) is 5.92 Å². The fourth-order valence-electron chi connectivity index (χ4n) is 5.13. The number of hydrogen-bond acceptors (Lipinski definition) is 5. The average molecular weight is 469 g/mol. The third-order valence-electron chi connectivity index (χ3n) is 7.04. The van der Waals surface area contributed by atoms with Crippen LogP contribution in [0.1, 0.15) is 39.1 Å². The number of nitrogens with zero attached hydrogens (tertiary/aromatic N) is 2. The summed E-state index contributed by atoms with van der Waals surface area (Å²) in [5, 5.41) is 1.65. The lowest BCUT2D eigenvalue weighted by molar-refractivity contribution is -0.127. The molecule has 0 aromatic heterocycles. The van der Waals surface area contributed by atoms with Gasteiger partial charge in [-0.2, -0.15) is 0 Å². The van der Waals surface area contributed by atoms with Gasteiger partial charge in [-0.15, -0.1) is 0 Å². The lowest BCUT2D eigenvalue weighted by atomic mass is 9.91. The number of fused-ring (bicyclic) bond motifs is 1. The SMILES string of the molecule is O=C(/C=C/c1ccc2c(c1)OCO2)N1CCC(CN2C(=O)c3cccc4cccc(c34)C2=O)CC1. The average Bonchev–Trinajstić information content (AvgIpc) is 3.36. The van der Waals surface area contributed by atoms with Crippen LogP contribution in [-0.4, -0.2) is 53.9 Å². The molecule has 0 radical (unpaired) electrons. The maximum atomic E-state index is 13.2. The van der Waals surface area contributed by atoms with Crippen molar-refractivity contribution in [3.8, 4) is 11.5 Å². The zero-order valence-electron chi connectivity index (χ0n) is 19.1. The van der Waals surface area contributed by atoms with E-state index in [0.717, 1.165) is 29.2 Å². The van der Waals surface area contributed by atoms with Crippen LogP contribution in [0.4, 0.5) is 0 Å². The molecule has 6 rings (SSSR count). The van der Waals surface area contributed by atoms with Crippen molar-refractivity contribution in [2.75, 3.05) is 26.4 Å². The minimum Gasteiger partial charge on any atom is -0.454 e. The summed E-state index contributed by atoms with van der Waals surface area (Å²) in [6.45, 7) is 1.78. The van der Waals surface area contributed by atoms with E-state index in [4.69, 9.17) is 9.47 Å². The third-order valence-corrected chi connectivity index (χ3v) is 7.04. The molecule has 0 unspecified atom stereocenters. The van der Waals surface area contributed by atoms with Gasteiger partial charge in [-0.1, -0.05) is 30.3 Å². The number of rotatable bonds is 4. The molecule has 176 valence electrons. The van der Waals surface area contributed by atoms with E-state index in [2.05, 4.69) is 0 Å². The van der Waals surface area contributed by atoms with Crippen molar-refractivity contribution in [2.24, 2.45) is 5.92 Å². The molecule has 1 fully saturated rings. The molecule has 7 nitrogen and oxygen atoms in total. The highest BCUT2D eigenvalue weighted by Gasteiger charge is 2.35. The summed E-state index contributed by atoms with van der Waals surface area (Å²) in [6, 6.07) is 16.7. The molecular formula is C28H24N2O5. The van der Waals surface area contributed by atoms with E-state index in [0.29, 0.717) is 42.3 Å². The maximum Gasteiger partial charge on any atom is 0.261 e. The van der Waals surface area contributed by atoms with Gasteiger partial charge in [0.05, 0.1) is 0 Å². The normalized spacial score (nSPS) is 17.6. The van der Waals surface area contributed by atoms with E-state index in [1.54, 1.807) is 24.3 Å². The number of benzene rings is 3. The van der Waals surface area contributed by atoms with Crippen molar-refractivity contribution in [3.05, 3.63) is 77.4 Å². The Morgan fingerprint density at radius 1 is 0.914 bits per heavy atom. The molecule has 0 atom stereocenters. The van der Waals surface area contributed by atoms with Crippen molar-refractivity contribution in [2.45, 2.75) is 12.8 Å². The molecule has 1 saturated heterocycles. The number of ether oxygens (including phenoxy) is 2. The lowest BCUT2D eigenvalue weighted by Gasteiger charge is -2.35. The molecule has 3 aliphatic rings. The predicted molar refractivity (Wildman–Crippen MR) is 130 cm³/mol. The molecule has 3 amide bonds. The van der Waals surface area contributed by atoms with Crippen molar-refractivity contribution >= 4 is 34.6 Å². The van der Waals surface area contributed by atoms with Crippen molar-refractivity contribution in [3.63, 3.8) is 0 Å². The Balaban J connectivity index is 1.09. The molecule has 3 aromatic carbocycles. The Hall–Kier alpha value is -4.13. The van der Waals surface area contributed by atoms with Crippen molar-refractivity contribution in [1.29, 1.82) is 0 Å². The van der Waals surface area contributed by atoms with E-state index < -0.39 is 0 Å². The summed E-state index contributed by atoms with van der Waals surface area (Å²) in [5.74, 6) is 1.04. The molecule has 0 bridgehead atoms. The monoisotopic (exact) mass is 468 g/mol. The van der Waals surface area contributed by atoms with E-state index >= 15 is 0 Å². The zero-order valence-corrected chi connectivity index (χ0v) is 19.1. The number of hydrogen-bond donors (Lipinski definition) is 0. The minimum atomic E-state index is -0.232. The van der Waals surface area contributed by atoms with Gasteiger partial charge in [-0.05, 0) is 60.1 Å². The van der Waals surface area contributed by atoms with Gasteiger partial charge in [0.1, 0.15) is 0 Å². The maximum absolute atomic E-state index is 13.2. The summed E-state index contributed by atoms with van der Waals surface area (Å²) in [7, 11) is 0. The minimum absolute atomic E-state index is 0.0492. The second-order valence-electron chi connectivity index (χ2n) is 9.14. The number of piperidine rings is 1. The van der Waals surface area contributed by atoms with E-state index in [-0.39, 0.29) is 30.4 Å². The van der Waals surface area contributed by atoms with Gasteiger partial charge < -0.3 is 14.4 Å². The first-order valence-electron chi connectivity index (χ1n) is 11.8. The summed E-state index contributed by atoms with van der Waals surface area (Å²) in [6.07, 6.45) is 4.84. The van der Waals surface area contributed by atoms with Gasteiger partial charge >= 0.3 is 0 Å². The molecule has 7 heteroatoms. The van der Waals surface area contributed by atoms with Gasteiger partial charge in [0, 0.05) is 42.2 Å². The molecule has 3 aliphatic heterocycles. The first-order chi connectivity index (χ1) is 17.1. The summed E-state index contributed by atoms with van der Waals surface area (Å²) >= 11 is 0. The number of imide groups is 1. The first-order valence-corrected chi connectivity index (χ1v) is 11.8. The van der Waals surface area contributed by atoms with E-state index in [9.17, 15) is 14.4 Å². The third kappa shape index (κ3) is 3.83. The standard InChI is InChI=1S/C28H24N2O5/c31-25(10-8-18-7-9-23-24(15-18)35-17-34-23)29-13-11-19(12-14-29)16-30-27(32)21-5-1-3-20-4-2-6-22(26(20)21)28(30)33/h1-10,15,19H,11-14,16-17H2/b10-8+. The first kappa shape index (κ1) is 21.4. The van der Waals surface area contributed by atoms with Gasteiger partial charge in [-0.3, -0.25) is 19.3 Å². The molecule has 35 heavy (non-hydrogen) atoms. The van der Waals surface area contributed by atoms with Crippen LogP contribution in [0.25, 0.3) is 16.8 Å². The van der Waals surface area contributed by atoms with Gasteiger partial charge in [0.25, 0.3) is 11.8 Å². The highest BCUT2D eigenvalue weighted by molar-refractivity contribution is 6.25. The van der Waals surface area contributed by atoms with E-state index in [1.165, 1.54) is 4.90 Å². The van der Waals surface area contributed by atoms with Crippen LogP contribution >= 0.6 is 0 Å². The number of amides is 3. The van der Waals surface area contributed by atoms with Crippen LogP contribution < -0.4 is 9.47 Å². The number of carbonyl (C=O) groups excluding carboxylic acids is 3. The van der Waals surface area contributed by atoms with Crippen molar-refractivity contribution in [1.82, 2.24) is 9.80 Å². The highest BCUT2D eigenvalue weighted by Crippen LogP contribution is 2.33. The quantitative estimate of drug-likeness (QED) is 0.425. The molecule has 3 aromatic rings. The second-order valence-corrected chi connectivity index (χ2v) is 9.14. The van der Waals surface area contributed by atoms with Crippen LogP contribution in [0.5, 0.6) is 11.5 Å². The lowest BCUT2D eigenvalue weighted by Crippen LogP contribution is -2.46. The Labute approximate surface area is 202 Å². The smallest absolute Gasteiger partial charge is 0.261 e. The predicted octanol–water partition coefficient (Wildman–Crippen LogP) is 4.12. The number of carbonyl (C=O) groups is 3. The number of likely N-dealkylation sites (tertiary alicyclic amines) is 1. The van der Waals surface area contributed by atoms with Gasteiger partial charge in [0.2, 0.25) is 12.7 Å². The molecule has 0 saturated carbocycles. The van der Waals surface area contributed by atoms with Crippen LogP contribution in [-0.2, 0) is 4.79 Å². The zero-order chi connectivity index (χ0) is 23.9. The Morgan fingerprint density at radius 3 is 2.31 bits per heavy atom. The van der Waals surface area contributed by atoms with Crippen molar-refractivity contribution < 1.29 is 23.9 Å². The fraction of sp³-hybridized carbons (Fsp3) is 0.250. The molecule has 0 aliphatic carbocycles. The van der Waals surface area contributed by atoms with Crippen LogP contribution in [0.2, 0.25) is 0 Å². The molecule has 0 N–H and O–H groups in total. The van der Waals surface area contributed by atoms with Crippen LogP contribution in [0.3, 0.4) is 0 Å². The molecular weight excluding hydrogens is 444 g/mol. The Bertz CT molecular complexity index is 1340. The Kier molecular flexibility index (Phi) is 5.25. The Morgan fingerprint density at radius 2 is 1.60 bits per heavy atom. The summed E-state index contributed by atoms with van der Waals surface area (Å²) < 4.78 is 10.7. The summed E-state index contributed by atoms with van der Waals surface area (Å²) in [5.41, 5.74) is 2.04.